The third-order valence-corrected chi connectivity index (χ3v) is 5.98. The SMILES string of the molecule is C=CCN1C(=O)C2(C(C(=O)OCc3ccccc3)=C(C)OC(N)=C2C(=O)OCC)c2ccccc21. The summed E-state index contributed by atoms with van der Waals surface area (Å²) < 4.78 is 16.5. The first-order chi connectivity index (χ1) is 16.9. The van der Waals surface area contributed by atoms with Crippen LogP contribution in [0.15, 0.2) is 90.0 Å². The minimum absolute atomic E-state index is 0.0350. The molecule has 8 heteroatoms. The van der Waals surface area contributed by atoms with E-state index in [2.05, 4.69) is 6.58 Å². The maximum Gasteiger partial charge on any atom is 0.341 e. The molecule has 8 nitrogen and oxygen atoms in total. The van der Waals surface area contributed by atoms with Gasteiger partial charge in [0, 0.05) is 17.8 Å². The molecule has 0 fully saturated rings. The molecule has 0 radical (unpaired) electrons. The topological polar surface area (TPSA) is 108 Å². The van der Waals surface area contributed by atoms with E-state index in [1.807, 2.05) is 30.3 Å². The van der Waals surface area contributed by atoms with Crippen LogP contribution in [-0.4, -0.2) is 31.0 Å². The van der Waals surface area contributed by atoms with Gasteiger partial charge in [0.25, 0.3) is 0 Å². The molecule has 1 unspecified atom stereocenters. The van der Waals surface area contributed by atoms with E-state index in [1.165, 1.54) is 11.8 Å². The zero-order valence-electron chi connectivity index (χ0n) is 19.6. The van der Waals surface area contributed by atoms with Crippen molar-refractivity contribution < 1.29 is 28.6 Å². The lowest BCUT2D eigenvalue weighted by Crippen LogP contribution is -2.50. The predicted octanol–water partition coefficient (Wildman–Crippen LogP) is 3.24. The van der Waals surface area contributed by atoms with Crippen LogP contribution in [-0.2, 0) is 40.6 Å². The quantitative estimate of drug-likeness (QED) is 0.485. The molecule has 180 valence electrons. The Labute approximate surface area is 203 Å². The number of carbonyl (C=O) groups excluding carboxylic acids is 3. The molecule has 0 saturated heterocycles. The number of ether oxygens (including phenoxy) is 3. The Morgan fingerprint density at radius 1 is 1.06 bits per heavy atom. The minimum Gasteiger partial charge on any atom is -0.462 e. The first kappa shape index (κ1) is 23.8. The summed E-state index contributed by atoms with van der Waals surface area (Å²) in [6.45, 7) is 7.05. The highest BCUT2D eigenvalue weighted by molar-refractivity contribution is 6.22. The van der Waals surface area contributed by atoms with Crippen LogP contribution >= 0.6 is 0 Å². The van der Waals surface area contributed by atoms with Gasteiger partial charge in [0.15, 0.2) is 0 Å². The number of allylic oxidation sites excluding steroid dienone is 1. The van der Waals surface area contributed by atoms with Crippen LogP contribution in [0, 0.1) is 0 Å². The summed E-state index contributed by atoms with van der Waals surface area (Å²) in [6, 6.07) is 16.0. The second-order valence-corrected chi connectivity index (χ2v) is 8.03. The fraction of sp³-hybridized carbons (Fsp3) is 0.222. The van der Waals surface area contributed by atoms with E-state index >= 15 is 0 Å². The molecule has 35 heavy (non-hydrogen) atoms. The molecule has 2 aliphatic rings. The monoisotopic (exact) mass is 474 g/mol. The summed E-state index contributed by atoms with van der Waals surface area (Å²) in [5.74, 6) is -2.43. The van der Waals surface area contributed by atoms with E-state index < -0.39 is 23.3 Å². The van der Waals surface area contributed by atoms with Crippen LogP contribution in [0.3, 0.4) is 0 Å². The van der Waals surface area contributed by atoms with Gasteiger partial charge in [-0.2, -0.15) is 0 Å². The molecule has 2 N–H and O–H groups in total. The van der Waals surface area contributed by atoms with Gasteiger partial charge >= 0.3 is 11.9 Å². The molecular formula is C27H26N2O6. The van der Waals surface area contributed by atoms with E-state index in [1.54, 1.807) is 37.3 Å². The van der Waals surface area contributed by atoms with Gasteiger partial charge in [-0.05, 0) is 25.5 Å². The van der Waals surface area contributed by atoms with Crippen molar-refractivity contribution in [2.24, 2.45) is 5.73 Å². The van der Waals surface area contributed by atoms with Crippen molar-refractivity contribution in [1.29, 1.82) is 0 Å². The number of carbonyl (C=O) groups is 3. The number of esters is 2. The van der Waals surface area contributed by atoms with Crippen molar-refractivity contribution in [3.05, 3.63) is 101 Å². The molecular weight excluding hydrogens is 448 g/mol. The number of anilines is 1. The van der Waals surface area contributed by atoms with Gasteiger partial charge < -0.3 is 24.8 Å². The van der Waals surface area contributed by atoms with Crippen LogP contribution in [0.25, 0.3) is 0 Å². The first-order valence-electron chi connectivity index (χ1n) is 11.2. The largest absolute Gasteiger partial charge is 0.462 e. The molecule has 0 bridgehead atoms. The number of para-hydroxylation sites is 1. The third kappa shape index (κ3) is 3.77. The molecule has 1 atom stereocenters. The lowest BCUT2D eigenvalue weighted by molar-refractivity contribution is -0.144. The van der Waals surface area contributed by atoms with Crippen LogP contribution in [0.2, 0.25) is 0 Å². The Kier molecular flexibility index (Phi) is 6.46. The molecule has 0 aromatic heterocycles. The van der Waals surface area contributed by atoms with Crippen LogP contribution in [0.5, 0.6) is 0 Å². The number of hydrogen-bond donors (Lipinski definition) is 1. The van der Waals surface area contributed by atoms with Gasteiger partial charge in [-0.3, -0.25) is 4.79 Å². The Morgan fingerprint density at radius 2 is 1.71 bits per heavy atom. The fourth-order valence-electron chi connectivity index (χ4n) is 4.64. The minimum atomic E-state index is -1.90. The number of amides is 1. The first-order valence-corrected chi connectivity index (χ1v) is 11.2. The highest BCUT2D eigenvalue weighted by Crippen LogP contribution is 2.54. The van der Waals surface area contributed by atoms with Crippen molar-refractivity contribution in [2.75, 3.05) is 18.1 Å². The highest BCUT2D eigenvalue weighted by Gasteiger charge is 2.63. The number of benzene rings is 2. The molecule has 1 amide bonds. The van der Waals surface area contributed by atoms with Gasteiger partial charge in [0.2, 0.25) is 11.8 Å². The third-order valence-electron chi connectivity index (χ3n) is 5.98. The van der Waals surface area contributed by atoms with Gasteiger partial charge in [0.1, 0.15) is 28.9 Å². The van der Waals surface area contributed by atoms with Gasteiger partial charge in [-0.15, -0.1) is 6.58 Å². The molecule has 4 rings (SSSR count). The van der Waals surface area contributed by atoms with Crippen molar-refractivity contribution in [3.63, 3.8) is 0 Å². The standard InChI is InChI=1S/C27H26N2O6/c1-4-15-29-20-14-10-9-13-19(20)27(26(29)32)21(24(30)34-16-18-11-7-6-8-12-18)17(3)35-23(28)22(27)25(31)33-5-2/h4,6-14H,1,5,15-16,28H2,2-3H3. The average molecular weight is 475 g/mol. The summed E-state index contributed by atoms with van der Waals surface area (Å²) >= 11 is 0. The van der Waals surface area contributed by atoms with Gasteiger partial charge in [0.05, 0.1) is 6.61 Å². The van der Waals surface area contributed by atoms with E-state index in [-0.39, 0.29) is 42.5 Å². The fourth-order valence-corrected chi connectivity index (χ4v) is 4.64. The van der Waals surface area contributed by atoms with E-state index in [0.717, 1.165) is 5.56 Å². The molecule has 1 spiro atoms. The molecule has 2 aromatic rings. The maximum atomic E-state index is 14.2. The lowest BCUT2D eigenvalue weighted by atomic mass is 9.67. The predicted molar refractivity (Wildman–Crippen MR) is 129 cm³/mol. The van der Waals surface area contributed by atoms with Crippen LogP contribution in [0.1, 0.15) is 25.0 Å². The van der Waals surface area contributed by atoms with E-state index in [0.29, 0.717) is 11.3 Å². The summed E-state index contributed by atoms with van der Waals surface area (Å²) in [4.78, 5) is 42.5. The smallest absolute Gasteiger partial charge is 0.341 e. The zero-order valence-corrected chi connectivity index (χ0v) is 19.6. The maximum absolute atomic E-state index is 14.2. The number of nitrogens with two attached hydrogens (primary N) is 1. The van der Waals surface area contributed by atoms with Crippen molar-refractivity contribution in [3.8, 4) is 0 Å². The Morgan fingerprint density at radius 3 is 2.40 bits per heavy atom. The number of hydrogen-bond acceptors (Lipinski definition) is 7. The van der Waals surface area contributed by atoms with Gasteiger partial charge in [-0.1, -0.05) is 54.6 Å². The normalized spacial score (nSPS) is 18.9. The molecule has 0 aliphatic carbocycles. The highest BCUT2D eigenvalue weighted by atomic mass is 16.5. The number of nitrogens with zero attached hydrogens (tertiary/aromatic N) is 1. The summed E-state index contributed by atoms with van der Waals surface area (Å²) in [5.41, 5.74) is 5.63. The number of fused-ring (bicyclic) bond motifs is 2. The van der Waals surface area contributed by atoms with Gasteiger partial charge in [-0.25, -0.2) is 9.59 Å². The van der Waals surface area contributed by atoms with Crippen molar-refractivity contribution >= 4 is 23.5 Å². The van der Waals surface area contributed by atoms with Crippen molar-refractivity contribution in [2.45, 2.75) is 25.9 Å². The zero-order chi connectivity index (χ0) is 25.2. The Bertz CT molecular complexity index is 1260. The molecule has 2 aromatic carbocycles. The van der Waals surface area contributed by atoms with E-state index in [4.69, 9.17) is 19.9 Å². The second kappa shape index (κ2) is 9.50. The lowest BCUT2D eigenvalue weighted by Gasteiger charge is -2.36. The van der Waals surface area contributed by atoms with Crippen LogP contribution < -0.4 is 10.6 Å². The summed E-state index contributed by atoms with van der Waals surface area (Å²) in [7, 11) is 0. The van der Waals surface area contributed by atoms with Crippen LogP contribution in [0.4, 0.5) is 5.69 Å². The molecule has 2 aliphatic heterocycles. The Balaban J connectivity index is 1.93. The summed E-state index contributed by atoms with van der Waals surface area (Å²) in [5, 5.41) is 0. The number of rotatable bonds is 7. The van der Waals surface area contributed by atoms with E-state index in [9.17, 15) is 14.4 Å². The Hall–Kier alpha value is -4.33. The van der Waals surface area contributed by atoms with Crippen molar-refractivity contribution in [1.82, 2.24) is 0 Å². The molecule has 2 heterocycles. The molecule has 0 saturated carbocycles. The average Bonchev–Trinajstić information content (AvgIpc) is 3.07. The second-order valence-electron chi connectivity index (χ2n) is 8.03. The summed E-state index contributed by atoms with van der Waals surface area (Å²) in [6.07, 6.45) is 1.56.